The first kappa shape index (κ1) is 24.6. The van der Waals surface area contributed by atoms with Gasteiger partial charge in [0.1, 0.15) is 6.54 Å². The lowest BCUT2D eigenvalue weighted by atomic mass is 10.2. The Hall–Kier alpha value is -3.05. The van der Waals surface area contributed by atoms with E-state index in [9.17, 15) is 19.2 Å². The minimum absolute atomic E-state index is 0.206. The van der Waals surface area contributed by atoms with Crippen LogP contribution >= 0.6 is 11.8 Å². The zero-order valence-electron chi connectivity index (χ0n) is 18.5. The number of hydrogen-bond acceptors (Lipinski definition) is 9. The minimum atomic E-state index is -0.521. The van der Waals surface area contributed by atoms with Gasteiger partial charge in [-0.05, 0) is 49.4 Å². The van der Waals surface area contributed by atoms with Crippen molar-refractivity contribution in [3.8, 4) is 11.5 Å². The normalized spacial score (nSPS) is 17.5. The fourth-order valence-electron chi connectivity index (χ4n) is 3.18. The molecule has 2 saturated heterocycles. The number of ether oxygens (including phenoxy) is 4. The highest BCUT2D eigenvalue weighted by molar-refractivity contribution is 8.18. The number of benzene rings is 1. The average molecular weight is 479 g/mol. The molecule has 0 aliphatic carbocycles. The molecule has 0 unspecified atom stereocenters. The van der Waals surface area contributed by atoms with Crippen LogP contribution in [-0.2, 0) is 23.9 Å². The molecule has 178 valence electrons. The van der Waals surface area contributed by atoms with E-state index in [2.05, 4.69) is 0 Å². The van der Waals surface area contributed by atoms with Crippen molar-refractivity contribution in [3.05, 3.63) is 28.7 Å². The maximum absolute atomic E-state index is 12.8. The molecule has 1 aromatic rings. The Labute approximate surface area is 195 Å². The quantitative estimate of drug-likeness (QED) is 0.388. The second-order valence-corrected chi connectivity index (χ2v) is 7.99. The van der Waals surface area contributed by atoms with E-state index in [1.807, 2.05) is 0 Å². The van der Waals surface area contributed by atoms with E-state index in [0.717, 1.165) is 16.7 Å². The van der Waals surface area contributed by atoms with Crippen LogP contribution in [0.3, 0.4) is 0 Å². The van der Waals surface area contributed by atoms with Gasteiger partial charge in [-0.3, -0.25) is 19.3 Å². The number of esters is 1. The summed E-state index contributed by atoms with van der Waals surface area (Å²) >= 11 is 0.778. The van der Waals surface area contributed by atoms with Crippen molar-refractivity contribution in [2.45, 2.75) is 13.8 Å². The van der Waals surface area contributed by atoms with Crippen LogP contribution in [0.5, 0.6) is 11.5 Å². The first-order valence-electron chi connectivity index (χ1n) is 10.6. The summed E-state index contributed by atoms with van der Waals surface area (Å²) in [4.78, 5) is 51.9. The smallest absolute Gasteiger partial charge is 0.344 e. The van der Waals surface area contributed by atoms with Crippen LogP contribution in [0.25, 0.3) is 6.08 Å². The first-order valence-corrected chi connectivity index (χ1v) is 11.4. The molecule has 33 heavy (non-hydrogen) atoms. The van der Waals surface area contributed by atoms with Gasteiger partial charge in [0.15, 0.2) is 18.1 Å². The lowest BCUT2D eigenvalue weighted by molar-refractivity contribution is -0.145. The molecule has 0 spiro atoms. The molecule has 0 aromatic heterocycles. The molecular formula is C22H26N2O8S. The Morgan fingerprint density at radius 1 is 1.09 bits per heavy atom. The second-order valence-electron chi connectivity index (χ2n) is 6.99. The van der Waals surface area contributed by atoms with Gasteiger partial charge in [-0.25, -0.2) is 4.79 Å². The van der Waals surface area contributed by atoms with E-state index in [1.54, 1.807) is 43.0 Å². The van der Waals surface area contributed by atoms with Crippen molar-refractivity contribution in [2.75, 3.05) is 52.7 Å². The van der Waals surface area contributed by atoms with Gasteiger partial charge in [0, 0.05) is 13.1 Å². The Kier molecular flexibility index (Phi) is 8.72. The Morgan fingerprint density at radius 2 is 1.85 bits per heavy atom. The third-order valence-corrected chi connectivity index (χ3v) is 5.65. The van der Waals surface area contributed by atoms with Crippen LogP contribution in [0, 0.1) is 0 Å². The molecule has 1 aromatic carbocycles. The molecule has 10 nitrogen and oxygen atoms in total. The third kappa shape index (κ3) is 6.48. The van der Waals surface area contributed by atoms with Crippen molar-refractivity contribution >= 4 is 40.9 Å². The molecule has 2 fully saturated rings. The summed E-state index contributed by atoms with van der Waals surface area (Å²) < 4.78 is 21.1. The van der Waals surface area contributed by atoms with Gasteiger partial charge >= 0.3 is 5.97 Å². The molecule has 0 bridgehead atoms. The second kappa shape index (κ2) is 11.7. The maximum atomic E-state index is 12.8. The molecule has 3 amide bonds. The van der Waals surface area contributed by atoms with Crippen molar-refractivity contribution < 1.29 is 38.1 Å². The van der Waals surface area contributed by atoms with E-state index in [0.29, 0.717) is 50.0 Å². The number of morpholine rings is 1. The monoisotopic (exact) mass is 478 g/mol. The van der Waals surface area contributed by atoms with Crippen LogP contribution in [-0.4, -0.2) is 85.5 Å². The molecule has 2 heterocycles. The zero-order valence-corrected chi connectivity index (χ0v) is 19.4. The molecule has 3 rings (SSSR count). The Morgan fingerprint density at radius 3 is 2.55 bits per heavy atom. The molecule has 2 aliphatic heterocycles. The summed E-state index contributed by atoms with van der Waals surface area (Å²) in [6.07, 6.45) is 1.56. The van der Waals surface area contributed by atoms with Crippen LogP contribution in [0.15, 0.2) is 23.1 Å². The van der Waals surface area contributed by atoms with Crippen LogP contribution in [0.2, 0.25) is 0 Å². The van der Waals surface area contributed by atoms with Gasteiger partial charge < -0.3 is 23.8 Å². The Bertz CT molecular complexity index is 942. The highest BCUT2D eigenvalue weighted by Crippen LogP contribution is 2.34. The van der Waals surface area contributed by atoms with E-state index in [4.69, 9.17) is 18.9 Å². The number of imide groups is 1. The van der Waals surface area contributed by atoms with Crippen LogP contribution in [0.4, 0.5) is 4.79 Å². The summed E-state index contributed by atoms with van der Waals surface area (Å²) in [6, 6.07) is 4.94. The molecule has 0 saturated carbocycles. The summed E-state index contributed by atoms with van der Waals surface area (Å²) in [5.41, 5.74) is 0.604. The highest BCUT2D eigenvalue weighted by atomic mass is 32.2. The first-order chi connectivity index (χ1) is 15.9. The number of hydrogen-bond donors (Lipinski definition) is 0. The number of carbonyl (C=O) groups is 4. The van der Waals surface area contributed by atoms with E-state index < -0.39 is 17.1 Å². The molecule has 2 aliphatic rings. The lowest BCUT2D eigenvalue weighted by Gasteiger charge is -2.28. The van der Waals surface area contributed by atoms with Crippen molar-refractivity contribution in [1.29, 1.82) is 0 Å². The SMILES string of the molecule is CCOC(=O)COc1ccc(/C=C2\SC(=O)N(CC(=O)N3CCOCC3)C2=O)cc1OCC. The largest absolute Gasteiger partial charge is 0.490 e. The van der Waals surface area contributed by atoms with Crippen molar-refractivity contribution in [1.82, 2.24) is 9.80 Å². The minimum Gasteiger partial charge on any atom is -0.490 e. The predicted molar refractivity (Wildman–Crippen MR) is 120 cm³/mol. The zero-order chi connectivity index (χ0) is 23.8. The number of rotatable bonds is 9. The van der Waals surface area contributed by atoms with Crippen LogP contribution in [0.1, 0.15) is 19.4 Å². The standard InChI is InChI=1S/C22H26N2O8S/c1-3-30-17-11-15(5-6-16(17)32-14-20(26)31-4-2)12-18-21(27)24(22(28)33-18)13-19(25)23-7-9-29-10-8-23/h5-6,11-12H,3-4,7-10,13-14H2,1-2H3/b18-12-. The van der Waals surface area contributed by atoms with Gasteiger partial charge in [-0.15, -0.1) is 0 Å². The summed E-state index contributed by atoms with van der Waals surface area (Å²) in [6.45, 7) is 5.33. The van der Waals surface area contributed by atoms with Gasteiger partial charge in [0.25, 0.3) is 11.1 Å². The van der Waals surface area contributed by atoms with Gasteiger partial charge in [0.05, 0.1) is 31.3 Å². The molecular weight excluding hydrogens is 452 g/mol. The van der Waals surface area contributed by atoms with Gasteiger partial charge in [-0.2, -0.15) is 0 Å². The van der Waals surface area contributed by atoms with E-state index in [-0.39, 0.29) is 30.6 Å². The number of thioether (sulfide) groups is 1. The lowest BCUT2D eigenvalue weighted by Crippen LogP contribution is -2.46. The topological polar surface area (TPSA) is 112 Å². The third-order valence-electron chi connectivity index (χ3n) is 4.75. The van der Waals surface area contributed by atoms with Crippen LogP contribution < -0.4 is 9.47 Å². The fraction of sp³-hybridized carbons (Fsp3) is 0.455. The van der Waals surface area contributed by atoms with E-state index in [1.165, 1.54) is 0 Å². The molecule has 0 radical (unpaired) electrons. The van der Waals surface area contributed by atoms with Gasteiger partial charge in [-0.1, -0.05) is 6.07 Å². The summed E-state index contributed by atoms with van der Waals surface area (Å²) in [5, 5.41) is -0.493. The van der Waals surface area contributed by atoms with Crippen molar-refractivity contribution in [3.63, 3.8) is 0 Å². The molecule has 0 atom stereocenters. The predicted octanol–water partition coefficient (Wildman–Crippen LogP) is 1.92. The number of carbonyl (C=O) groups excluding carboxylic acids is 4. The molecule has 0 N–H and O–H groups in total. The summed E-state index contributed by atoms with van der Waals surface area (Å²) in [5.74, 6) is -0.566. The van der Waals surface area contributed by atoms with Crippen molar-refractivity contribution in [2.24, 2.45) is 0 Å². The van der Waals surface area contributed by atoms with E-state index >= 15 is 0 Å². The number of amides is 3. The maximum Gasteiger partial charge on any atom is 0.344 e. The number of nitrogens with zero attached hydrogens (tertiary/aromatic N) is 2. The fourth-order valence-corrected chi connectivity index (χ4v) is 4.02. The summed E-state index contributed by atoms with van der Waals surface area (Å²) in [7, 11) is 0. The van der Waals surface area contributed by atoms with Gasteiger partial charge in [0.2, 0.25) is 5.91 Å². The molecule has 11 heteroatoms. The Balaban J connectivity index is 1.70. The highest BCUT2D eigenvalue weighted by Gasteiger charge is 2.37. The average Bonchev–Trinajstić information content (AvgIpc) is 3.06.